The molecule has 114 valence electrons. The molecule has 1 unspecified atom stereocenters. The first-order chi connectivity index (χ1) is 9.91. The van der Waals surface area contributed by atoms with Gasteiger partial charge in [-0.1, -0.05) is 12.1 Å². The van der Waals surface area contributed by atoms with Gasteiger partial charge in [-0.2, -0.15) is 18.3 Å². The van der Waals surface area contributed by atoms with E-state index in [2.05, 4.69) is 10.5 Å². The Morgan fingerprint density at radius 1 is 1.24 bits per heavy atom. The minimum atomic E-state index is -4.32. The molecule has 0 radical (unpaired) electrons. The molecule has 0 fully saturated rings. The van der Waals surface area contributed by atoms with E-state index in [0.717, 1.165) is 29.8 Å². The third kappa shape index (κ3) is 3.83. The van der Waals surface area contributed by atoms with E-state index >= 15 is 0 Å². The summed E-state index contributed by atoms with van der Waals surface area (Å²) in [6.45, 7) is 0. The van der Waals surface area contributed by atoms with Crippen LogP contribution >= 0.6 is 0 Å². The number of aryl methyl sites for hydroxylation is 2. The second-order valence-electron chi connectivity index (χ2n) is 4.82. The Morgan fingerprint density at radius 3 is 2.38 bits per heavy atom. The Balaban J connectivity index is 2.05. The lowest BCUT2D eigenvalue weighted by Gasteiger charge is -2.17. The fraction of sp³-hybridized carbons (Fsp3) is 0.357. The van der Waals surface area contributed by atoms with Gasteiger partial charge in [-0.15, -0.1) is 0 Å². The smallest absolute Gasteiger partial charge is 0.273 e. The van der Waals surface area contributed by atoms with Crippen molar-refractivity contribution in [2.45, 2.75) is 25.1 Å². The number of benzene rings is 1. The Hall–Kier alpha value is -1.86. The molecule has 2 rings (SSSR count). The Bertz CT molecular complexity index is 575. The van der Waals surface area contributed by atoms with Crippen LogP contribution in [-0.4, -0.2) is 9.78 Å². The minimum Gasteiger partial charge on any atom is -0.273 e. The Labute approximate surface area is 120 Å². The summed E-state index contributed by atoms with van der Waals surface area (Å²) < 4.78 is 39.4. The van der Waals surface area contributed by atoms with Crippen LogP contribution in [0.1, 0.15) is 29.3 Å². The molecular formula is C14H17F3N4. The van der Waals surface area contributed by atoms with Crippen LogP contribution in [0.25, 0.3) is 0 Å². The molecule has 0 saturated heterocycles. The number of hydrogen-bond donors (Lipinski definition) is 2. The number of rotatable bonds is 5. The third-order valence-electron chi connectivity index (χ3n) is 3.45. The summed E-state index contributed by atoms with van der Waals surface area (Å²) >= 11 is 0. The maximum atomic E-state index is 12.5. The van der Waals surface area contributed by atoms with Crippen molar-refractivity contribution >= 4 is 0 Å². The van der Waals surface area contributed by atoms with Gasteiger partial charge in [0.1, 0.15) is 0 Å². The van der Waals surface area contributed by atoms with Gasteiger partial charge in [0.2, 0.25) is 0 Å². The van der Waals surface area contributed by atoms with Gasteiger partial charge in [0.05, 0.1) is 5.56 Å². The second-order valence-corrected chi connectivity index (χ2v) is 4.82. The summed E-state index contributed by atoms with van der Waals surface area (Å²) in [4.78, 5) is 0. The van der Waals surface area contributed by atoms with Gasteiger partial charge in [0, 0.05) is 25.0 Å². The molecule has 4 nitrogen and oxygen atoms in total. The molecule has 1 atom stereocenters. The van der Waals surface area contributed by atoms with Gasteiger partial charge in [0.15, 0.2) is 0 Å². The number of hydrogen-bond acceptors (Lipinski definition) is 3. The number of nitrogens with zero attached hydrogens (tertiary/aromatic N) is 2. The average molecular weight is 298 g/mol. The first-order valence-corrected chi connectivity index (χ1v) is 6.52. The number of alkyl halides is 3. The summed E-state index contributed by atoms with van der Waals surface area (Å²) in [5.74, 6) is 5.51. The number of nitrogens with one attached hydrogen (secondary N) is 1. The minimum absolute atomic E-state index is 0.206. The molecule has 3 N–H and O–H groups in total. The van der Waals surface area contributed by atoms with Gasteiger partial charge in [-0.25, -0.2) is 0 Å². The Kier molecular flexibility index (Phi) is 4.64. The van der Waals surface area contributed by atoms with Gasteiger partial charge < -0.3 is 0 Å². The summed E-state index contributed by atoms with van der Waals surface area (Å²) in [6.07, 6.45) is -1.22. The highest BCUT2D eigenvalue weighted by Crippen LogP contribution is 2.30. The van der Waals surface area contributed by atoms with Gasteiger partial charge in [-0.3, -0.25) is 16.0 Å². The largest absolute Gasteiger partial charge is 0.416 e. The van der Waals surface area contributed by atoms with Crippen LogP contribution in [0.2, 0.25) is 0 Å². The molecule has 21 heavy (non-hydrogen) atoms. The molecule has 0 aliphatic heterocycles. The van der Waals surface area contributed by atoms with E-state index in [0.29, 0.717) is 6.42 Å². The number of aromatic nitrogens is 2. The molecule has 7 heteroatoms. The number of halogens is 3. The van der Waals surface area contributed by atoms with E-state index in [1.54, 1.807) is 10.9 Å². The summed E-state index contributed by atoms with van der Waals surface area (Å²) in [6, 6.07) is 6.75. The van der Waals surface area contributed by atoms with Crippen molar-refractivity contribution in [2.75, 3.05) is 0 Å². The van der Waals surface area contributed by atoms with Gasteiger partial charge in [-0.05, 0) is 36.6 Å². The molecule has 1 aromatic heterocycles. The zero-order chi connectivity index (χ0) is 15.5. The van der Waals surface area contributed by atoms with Crippen LogP contribution in [0.5, 0.6) is 0 Å². The highest BCUT2D eigenvalue weighted by atomic mass is 19.4. The fourth-order valence-electron chi connectivity index (χ4n) is 2.19. The van der Waals surface area contributed by atoms with Gasteiger partial charge >= 0.3 is 6.18 Å². The van der Waals surface area contributed by atoms with Crippen LogP contribution in [0.3, 0.4) is 0 Å². The fourth-order valence-corrected chi connectivity index (χ4v) is 2.19. The van der Waals surface area contributed by atoms with Crippen molar-refractivity contribution in [3.8, 4) is 0 Å². The van der Waals surface area contributed by atoms with Crippen LogP contribution in [0.4, 0.5) is 13.2 Å². The normalized spacial score (nSPS) is 13.4. The van der Waals surface area contributed by atoms with E-state index < -0.39 is 11.7 Å². The molecule has 0 spiro atoms. The third-order valence-corrected chi connectivity index (χ3v) is 3.45. The molecule has 0 aliphatic carbocycles. The van der Waals surface area contributed by atoms with Gasteiger partial charge in [0.25, 0.3) is 0 Å². The molecular weight excluding hydrogens is 281 g/mol. The molecule has 1 heterocycles. The maximum Gasteiger partial charge on any atom is 0.416 e. The van der Waals surface area contributed by atoms with Crippen LogP contribution < -0.4 is 11.3 Å². The summed E-state index contributed by atoms with van der Waals surface area (Å²) in [5.41, 5.74) is 3.76. The molecule has 2 aromatic rings. The van der Waals surface area contributed by atoms with Crippen molar-refractivity contribution < 1.29 is 13.2 Å². The van der Waals surface area contributed by atoms with Crippen LogP contribution in [0, 0.1) is 0 Å². The highest BCUT2D eigenvalue weighted by Gasteiger charge is 2.30. The maximum absolute atomic E-state index is 12.5. The summed E-state index contributed by atoms with van der Waals surface area (Å²) in [5, 5.41) is 4.07. The van der Waals surface area contributed by atoms with Crippen LogP contribution in [0.15, 0.2) is 36.5 Å². The first-order valence-electron chi connectivity index (χ1n) is 6.52. The van der Waals surface area contributed by atoms with Crippen LogP contribution in [-0.2, 0) is 19.6 Å². The average Bonchev–Trinajstić information content (AvgIpc) is 2.85. The van der Waals surface area contributed by atoms with E-state index in [9.17, 15) is 13.2 Å². The lowest BCUT2D eigenvalue weighted by molar-refractivity contribution is -0.137. The molecule has 0 amide bonds. The van der Waals surface area contributed by atoms with Crippen molar-refractivity contribution in [3.05, 3.63) is 53.3 Å². The number of hydrazine groups is 1. The lowest BCUT2D eigenvalue weighted by atomic mass is 10.00. The first kappa shape index (κ1) is 15.5. The monoisotopic (exact) mass is 298 g/mol. The SMILES string of the molecule is Cn1nccc1CCC(NN)c1ccc(C(F)(F)F)cc1. The predicted molar refractivity (Wildman–Crippen MR) is 73.0 cm³/mol. The quantitative estimate of drug-likeness (QED) is 0.659. The van der Waals surface area contributed by atoms with E-state index in [1.807, 2.05) is 13.1 Å². The molecule has 0 bridgehead atoms. The second kappa shape index (κ2) is 6.28. The van der Waals surface area contributed by atoms with E-state index in [-0.39, 0.29) is 6.04 Å². The van der Waals surface area contributed by atoms with Crippen molar-refractivity contribution in [2.24, 2.45) is 12.9 Å². The zero-order valence-electron chi connectivity index (χ0n) is 11.6. The molecule has 0 aliphatic rings. The van der Waals surface area contributed by atoms with Crippen molar-refractivity contribution in [3.63, 3.8) is 0 Å². The van der Waals surface area contributed by atoms with Crippen molar-refractivity contribution in [1.82, 2.24) is 15.2 Å². The lowest BCUT2D eigenvalue weighted by Crippen LogP contribution is -2.28. The van der Waals surface area contributed by atoms with E-state index in [4.69, 9.17) is 5.84 Å². The highest BCUT2D eigenvalue weighted by molar-refractivity contribution is 5.26. The summed E-state index contributed by atoms with van der Waals surface area (Å²) in [7, 11) is 1.85. The van der Waals surface area contributed by atoms with E-state index in [1.165, 1.54) is 12.1 Å². The zero-order valence-corrected chi connectivity index (χ0v) is 11.6. The molecule has 1 aromatic carbocycles. The van der Waals surface area contributed by atoms with Crippen molar-refractivity contribution in [1.29, 1.82) is 0 Å². The molecule has 0 saturated carbocycles. The standard InChI is InChI=1S/C14H17F3N4/c1-21-12(8-9-19-21)6-7-13(20-18)10-2-4-11(5-3-10)14(15,16)17/h2-5,8-9,13,20H,6-7,18H2,1H3. The topological polar surface area (TPSA) is 55.9 Å². The Morgan fingerprint density at radius 2 is 1.90 bits per heavy atom. The predicted octanol–water partition coefficient (Wildman–Crippen LogP) is 2.58. The number of nitrogens with two attached hydrogens (primary N) is 1.